The van der Waals surface area contributed by atoms with Gasteiger partial charge in [-0.2, -0.15) is 23.4 Å². The second kappa shape index (κ2) is 7.91. The Morgan fingerprint density at radius 3 is 2.17 bits per heavy atom. The molecule has 0 radical (unpaired) electrons. The fourth-order valence-electron chi connectivity index (χ4n) is 2.82. The van der Waals surface area contributed by atoms with E-state index < -0.39 is 11.7 Å². The minimum absolute atomic E-state index is 0.0623. The molecule has 154 valence electrons. The summed E-state index contributed by atoms with van der Waals surface area (Å²) in [6.45, 7) is 0. The molecule has 0 spiro atoms. The average Bonchev–Trinajstić information content (AvgIpc) is 3.15. The molecule has 0 bridgehead atoms. The second-order valence-electron chi connectivity index (χ2n) is 6.29. The zero-order valence-corrected chi connectivity index (χ0v) is 17.2. The van der Waals surface area contributed by atoms with E-state index in [0.29, 0.717) is 16.5 Å². The summed E-state index contributed by atoms with van der Waals surface area (Å²) in [6, 6.07) is 16.9. The quantitative estimate of drug-likeness (QED) is 0.457. The number of benzene rings is 3. The number of hydrogen-bond acceptors (Lipinski definition) is 4. The lowest BCUT2D eigenvalue weighted by atomic mass is 10.2. The Morgan fingerprint density at radius 1 is 0.800 bits per heavy atom. The fourth-order valence-corrected chi connectivity index (χ4v) is 3.31. The number of nitrogens with zero attached hydrogens (tertiary/aromatic N) is 3. The molecular weight excluding hydrogens is 460 g/mol. The number of anilines is 2. The lowest BCUT2D eigenvalue weighted by molar-refractivity contribution is -0.137. The van der Waals surface area contributed by atoms with Crippen molar-refractivity contribution in [2.45, 2.75) is 6.18 Å². The van der Waals surface area contributed by atoms with Crippen molar-refractivity contribution in [3.8, 4) is 0 Å². The van der Waals surface area contributed by atoms with Crippen molar-refractivity contribution in [1.82, 2.24) is 5.43 Å². The molecule has 0 aliphatic carbocycles. The van der Waals surface area contributed by atoms with Crippen molar-refractivity contribution in [3.05, 3.63) is 92.9 Å². The Hall–Kier alpha value is -2.61. The Labute approximate surface area is 185 Å². The standard InChI is InChI=1S/C20H12Cl3F3N4/c21-15-9-7-14(11-17(15)23)29-27-19(12-4-2-1-3-5-12)28-30(29)18-10-13(20(24,25)26)6-8-16(18)22/h1-11H,(H,27,28). The van der Waals surface area contributed by atoms with E-state index in [1.54, 1.807) is 18.2 Å². The molecule has 1 N–H and O–H groups in total. The first-order chi connectivity index (χ1) is 14.2. The predicted octanol–water partition coefficient (Wildman–Crippen LogP) is 6.77. The highest BCUT2D eigenvalue weighted by Gasteiger charge is 2.34. The van der Waals surface area contributed by atoms with Gasteiger partial charge in [-0.1, -0.05) is 65.1 Å². The van der Waals surface area contributed by atoms with Gasteiger partial charge in [0.15, 0.2) is 5.84 Å². The third-order valence-corrected chi connectivity index (χ3v) is 5.34. The Balaban J connectivity index is 1.82. The molecule has 30 heavy (non-hydrogen) atoms. The Bertz CT molecular complexity index is 1120. The topological polar surface area (TPSA) is 30.9 Å². The van der Waals surface area contributed by atoms with Crippen LogP contribution in [-0.4, -0.2) is 5.84 Å². The van der Waals surface area contributed by atoms with Crippen LogP contribution in [0.2, 0.25) is 15.1 Å². The molecule has 0 unspecified atom stereocenters. The highest BCUT2D eigenvalue weighted by molar-refractivity contribution is 6.42. The van der Waals surface area contributed by atoms with Crippen molar-refractivity contribution < 1.29 is 13.2 Å². The van der Waals surface area contributed by atoms with Crippen molar-refractivity contribution in [1.29, 1.82) is 0 Å². The smallest absolute Gasteiger partial charge is 0.259 e. The number of hydrogen-bond donors (Lipinski definition) is 1. The van der Waals surface area contributed by atoms with Gasteiger partial charge in [-0.05, 0) is 36.4 Å². The van der Waals surface area contributed by atoms with Gasteiger partial charge in [0.05, 0.1) is 26.3 Å². The molecule has 3 aromatic rings. The summed E-state index contributed by atoms with van der Waals surface area (Å²) in [6.07, 6.45) is -4.53. The van der Waals surface area contributed by atoms with Crippen LogP contribution in [0.5, 0.6) is 0 Å². The van der Waals surface area contributed by atoms with Crippen LogP contribution in [0, 0.1) is 0 Å². The van der Waals surface area contributed by atoms with Crippen LogP contribution in [0.15, 0.2) is 71.8 Å². The van der Waals surface area contributed by atoms with Crippen molar-refractivity contribution in [2.24, 2.45) is 5.10 Å². The van der Waals surface area contributed by atoms with E-state index >= 15 is 0 Å². The second-order valence-corrected chi connectivity index (χ2v) is 7.51. The van der Waals surface area contributed by atoms with Crippen molar-refractivity contribution in [3.63, 3.8) is 0 Å². The van der Waals surface area contributed by atoms with Crippen LogP contribution in [0.4, 0.5) is 24.5 Å². The molecule has 0 amide bonds. The van der Waals surface area contributed by atoms with Crippen LogP contribution >= 0.6 is 34.8 Å². The molecule has 1 aliphatic rings. The maximum atomic E-state index is 13.3. The van der Waals surface area contributed by atoms with Gasteiger partial charge in [0, 0.05) is 5.56 Å². The third kappa shape index (κ3) is 4.01. The highest BCUT2D eigenvalue weighted by atomic mass is 35.5. The van der Waals surface area contributed by atoms with Gasteiger partial charge in [0.2, 0.25) is 0 Å². The van der Waals surface area contributed by atoms with Crippen molar-refractivity contribution >= 4 is 52.0 Å². The summed E-state index contributed by atoms with van der Waals surface area (Å²) in [7, 11) is 0. The zero-order chi connectivity index (χ0) is 21.5. The summed E-state index contributed by atoms with van der Waals surface area (Å²) in [5, 5.41) is 7.91. The summed E-state index contributed by atoms with van der Waals surface area (Å²) >= 11 is 18.4. The molecule has 10 heteroatoms. The summed E-state index contributed by atoms with van der Waals surface area (Å²) in [5.41, 5.74) is 3.43. The highest BCUT2D eigenvalue weighted by Crippen LogP contribution is 2.38. The van der Waals surface area contributed by atoms with E-state index in [1.165, 1.54) is 16.3 Å². The van der Waals surface area contributed by atoms with Crippen LogP contribution in [0.1, 0.15) is 11.1 Å². The molecule has 0 saturated carbocycles. The molecule has 0 saturated heterocycles. The molecule has 1 aliphatic heterocycles. The van der Waals surface area contributed by atoms with Crippen molar-refractivity contribution in [2.75, 3.05) is 10.2 Å². The first kappa shape index (κ1) is 20.7. The predicted molar refractivity (Wildman–Crippen MR) is 114 cm³/mol. The van der Waals surface area contributed by atoms with Crippen LogP contribution in [0.25, 0.3) is 0 Å². The van der Waals surface area contributed by atoms with Gasteiger partial charge in [0.1, 0.15) is 5.69 Å². The normalized spacial score (nSPS) is 14.0. The van der Waals surface area contributed by atoms with E-state index in [1.807, 2.05) is 30.3 Å². The summed E-state index contributed by atoms with van der Waals surface area (Å²) in [4.78, 5) is 0. The zero-order valence-electron chi connectivity index (χ0n) is 15.0. The maximum Gasteiger partial charge on any atom is 0.416 e. The van der Waals surface area contributed by atoms with Crippen LogP contribution in [0.3, 0.4) is 0 Å². The van der Waals surface area contributed by atoms with Gasteiger partial charge in [-0.25, -0.2) is 0 Å². The number of amidine groups is 1. The first-order valence-corrected chi connectivity index (χ1v) is 9.70. The molecule has 1 heterocycles. The average molecular weight is 472 g/mol. The fraction of sp³-hybridized carbons (Fsp3) is 0.0500. The molecule has 0 atom stereocenters. The van der Waals surface area contributed by atoms with Gasteiger partial charge >= 0.3 is 6.18 Å². The van der Waals surface area contributed by atoms with E-state index in [-0.39, 0.29) is 15.7 Å². The number of nitrogens with one attached hydrogen (secondary N) is 1. The van der Waals surface area contributed by atoms with Gasteiger partial charge in [-0.3, -0.25) is 5.43 Å². The number of rotatable bonds is 3. The molecule has 3 aromatic carbocycles. The number of hydrazone groups is 1. The van der Waals surface area contributed by atoms with Gasteiger partial charge < -0.3 is 0 Å². The summed E-state index contributed by atoms with van der Waals surface area (Å²) < 4.78 is 39.9. The lowest BCUT2D eigenvalue weighted by Gasteiger charge is -2.29. The molecule has 4 rings (SSSR count). The Morgan fingerprint density at radius 2 is 1.50 bits per heavy atom. The first-order valence-electron chi connectivity index (χ1n) is 8.57. The van der Waals surface area contributed by atoms with E-state index in [2.05, 4.69) is 10.5 Å². The number of hydrazine groups is 2. The minimum atomic E-state index is -4.53. The lowest BCUT2D eigenvalue weighted by Crippen LogP contribution is -2.45. The summed E-state index contributed by atoms with van der Waals surface area (Å²) in [5.74, 6) is 0.412. The SMILES string of the molecule is FC(F)(F)c1ccc(Cl)c(N2NC(c3ccccc3)=NN2c2ccc(Cl)c(Cl)c2)c1. The number of halogens is 6. The van der Waals surface area contributed by atoms with Crippen LogP contribution in [-0.2, 0) is 6.18 Å². The van der Waals surface area contributed by atoms with E-state index in [9.17, 15) is 13.2 Å². The van der Waals surface area contributed by atoms with Gasteiger partial charge in [0.25, 0.3) is 0 Å². The van der Waals surface area contributed by atoms with E-state index in [0.717, 1.165) is 17.7 Å². The third-order valence-electron chi connectivity index (χ3n) is 4.28. The van der Waals surface area contributed by atoms with Gasteiger partial charge in [-0.15, -0.1) is 5.10 Å². The maximum absolute atomic E-state index is 13.3. The number of alkyl halides is 3. The van der Waals surface area contributed by atoms with Crippen LogP contribution < -0.4 is 15.7 Å². The minimum Gasteiger partial charge on any atom is -0.259 e. The molecule has 0 aromatic heterocycles. The monoisotopic (exact) mass is 470 g/mol. The molecule has 4 nitrogen and oxygen atoms in total. The Kier molecular flexibility index (Phi) is 5.44. The molecular formula is C20H12Cl3F3N4. The largest absolute Gasteiger partial charge is 0.416 e. The molecule has 0 fully saturated rings. The van der Waals surface area contributed by atoms with E-state index in [4.69, 9.17) is 34.8 Å².